The number of halogens is 2. The molecule has 1 amide bonds. The Hall–Kier alpha value is -4.59. The smallest absolute Gasteiger partial charge is 0.220 e. The van der Waals surface area contributed by atoms with E-state index in [4.69, 9.17) is 9.72 Å². The van der Waals surface area contributed by atoms with Crippen LogP contribution in [0.3, 0.4) is 0 Å². The number of H-pyrrole nitrogens is 1. The summed E-state index contributed by atoms with van der Waals surface area (Å²) in [6.45, 7) is 1.48. The summed E-state index contributed by atoms with van der Waals surface area (Å²) in [4.78, 5) is 26.2. The highest BCUT2D eigenvalue weighted by Crippen LogP contribution is 2.42. The second kappa shape index (κ2) is 9.70. The molecule has 0 aliphatic carbocycles. The fraction of sp³-hybridized carbons (Fsp3) is 0.167. The molecule has 8 heteroatoms. The van der Waals surface area contributed by atoms with Crippen molar-refractivity contribution in [1.82, 2.24) is 19.9 Å². The van der Waals surface area contributed by atoms with Crippen LogP contribution in [0.25, 0.3) is 33.7 Å². The molecule has 0 saturated carbocycles. The Morgan fingerprint density at radius 2 is 1.84 bits per heavy atom. The number of pyridine rings is 1. The molecular formula is C30H24F2N4O2. The van der Waals surface area contributed by atoms with E-state index in [0.29, 0.717) is 39.7 Å². The number of carbonyl (C=O) groups is 1. The van der Waals surface area contributed by atoms with Crippen LogP contribution in [-0.4, -0.2) is 38.5 Å². The summed E-state index contributed by atoms with van der Waals surface area (Å²) < 4.78 is 35.1. The van der Waals surface area contributed by atoms with Crippen molar-refractivity contribution in [2.45, 2.75) is 25.6 Å². The lowest BCUT2D eigenvalue weighted by Crippen LogP contribution is -2.29. The molecule has 2 atom stereocenters. The number of rotatable bonds is 5. The molecule has 1 aliphatic heterocycles. The summed E-state index contributed by atoms with van der Waals surface area (Å²) in [5, 5.41) is 0. The van der Waals surface area contributed by atoms with Crippen molar-refractivity contribution in [1.29, 1.82) is 0 Å². The molecule has 0 spiro atoms. The summed E-state index contributed by atoms with van der Waals surface area (Å²) in [6, 6.07) is 22.4. The molecule has 2 aromatic heterocycles. The molecule has 1 fully saturated rings. The zero-order valence-electron chi connectivity index (χ0n) is 20.6. The number of hydrogen-bond acceptors (Lipinski definition) is 4. The molecular weight excluding hydrogens is 486 g/mol. The van der Waals surface area contributed by atoms with Gasteiger partial charge < -0.3 is 14.6 Å². The minimum Gasteiger partial charge on any atom is -0.457 e. The number of benzene rings is 3. The number of alkyl halides is 1. The van der Waals surface area contributed by atoms with Gasteiger partial charge in [-0.3, -0.25) is 9.78 Å². The molecule has 6 nitrogen and oxygen atoms in total. The van der Waals surface area contributed by atoms with Crippen molar-refractivity contribution in [3.05, 3.63) is 96.4 Å². The van der Waals surface area contributed by atoms with Crippen LogP contribution >= 0.6 is 0 Å². The predicted molar refractivity (Wildman–Crippen MR) is 141 cm³/mol. The summed E-state index contributed by atoms with van der Waals surface area (Å²) in [6.07, 6.45) is 0.742. The Morgan fingerprint density at radius 3 is 2.58 bits per heavy atom. The number of imidazole rings is 1. The van der Waals surface area contributed by atoms with Crippen molar-refractivity contribution < 1.29 is 18.3 Å². The molecule has 0 radical (unpaired) electrons. The number of aromatic nitrogens is 3. The van der Waals surface area contributed by atoms with Gasteiger partial charge in [0.2, 0.25) is 5.91 Å². The molecule has 5 aromatic rings. The molecule has 0 bridgehead atoms. The molecule has 2 unspecified atom stereocenters. The van der Waals surface area contributed by atoms with Gasteiger partial charge in [-0.25, -0.2) is 13.8 Å². The predicted octanol–water partition coefficient (Wildman–Crippen LogP) is 6.85. The third-order valence-corrected chi connectivity index (χ3v) is 6.80. The van der Waals surface area contributed by atoms with Crippen LogP contribution in [0.1, 0.15) is 24.9 Å². The Balaban J connectivity index is 1.41. The molecule has 1 N–H and O–H groups in total. The Morgan fingerprint density at radius 1 is 1.05 bits per heavy atom. The SMILES string of the molecule is CC(=O)N1CC(F)CC1c1cc2[nH]c(-c3ccccn3)nc2cc1Oc1ccc(-c2ccccc2F)cc1. The maximum atomic E-state index is 14.5. The van der Waals surface area contributed by atoms with Gasteiger partial charge in [0.1, 0.15) is 29.2 Å². The lowest BCUT2D eigenvalue weighted by molar-refractivity contribution is -0.129. The van der Waals surface area contributed by atoms with E-state index in [1.165, 1.54) is 17.9 Å². The van der Waals surface area contributed by atoms with Crippen molar-refractivity contribution in [2.75, 3.05) is 6.54 Å². The zero-order valence-corrected chi connectivity index (χ0v) is 20.6. The Labute approximate surface area is 217 Å². The minimum atomic E-state index is -1.13. The molecule has 38 heavy (non-hydrogen) atoms. The number of likely N-dealkylation sites (tertiary alicyclic amines) is 1. The average Bonchev–Trinajstić information content (AvgIpc) is 3.53. The van der Waals surface area contributed by atoms with Crippen molar-refractivity contribution in [3.8, 4) is 34.1 Å². The lowest BCUT2D eigenvalue weighted by Gasteiger charge is -2.25. The molecule has 1 saturated heterocycles. The van der Waals surface area contributed by atoms with E-state index in [9.17, 15) is 13.6 Å². The molecule has 3 aromatic carbocycles. The van der Waals surface area contributed by atoms with E-state index < -0.39 is 12.2 Å². The highest BCUT2D eigenvalue weighted by Gasteiger charge is 2.37. The van der Waals surface area contributed by atoms with E-state index in [-0.39, 0.29) is 24.7 Å². The fourth-order valence-electron chi connectivity index (χ4n) is 4.98. The van der Waals surface area contributed by atoms with Crippen molar-refractivity contribution in [2.24, 2.45) is 0 Å². The Bertz CT molecular complexity index is 1620. The van der Waals surface area contributed by atoms with E-state index in [1.54, 1.807) is 54.7 Å². The van der Waals surface area contributed by atoms with Gasteiger partial charge in [-0.2, -0.15) is 0 Å². The lowest BCUT2D eigenvalue weighted by atomic mass is 10.0. The van der Waals surface area contributed by atoms with Gasteiger partial charge in [0.15, 0.2) is 5.82 Å². The zero-order chi connectivity index (χ0) is 26.2. The highest BCUT2D eigenvalue weighted by molar-refractivity contribution is 5.82. The number of ether oxygens (including phenoxy) is 1. The first-order valence-electron chi connectivity index (χ1n) is 12.4. The topological polar surface area (TPSA) is 71.1 Å². The third-order valence-electron chi connectivity index (χ3n) is 6.80. The summed E-state index contributed by atoms with van der Waals surface area (Å²) in [5.74, 6) is 1.09. The van der Waals surface area contributed by atoms with Crippen LogP contribution in [0.15, 0.2) is 85.1 Å². The first-order valence-corrected chi connectivity index (χ1v) is 12.4. The van der Waals surface area contributed by atoms with Gasteiger partial charge in [0.05, 0.1) is 23.6 Å². The number of nitrogens with one attached hydrogen (secondary N) is 1. The average molecular weight is 511 g/mol. The van der Waals surface area contributed by atoms with Crippen LogP contribution in [0.5, 0.6) is 11.5 Å². The fourth-order valence-corrected chi connectivity index (χ4v) is 4.98. The largest absolute Gasteiger partial charge is 0.457 e. The number of fused-ring (bicyclic) bond motifs is 1. The van der Waals surface area contributed by atoms with Gasteiger partial charge in [-0.05, 0) is 42.0 Å². The van der Waals surface area contributed by atoms with Crippen molar-refractivity contribution >= 4 is 16.9 Å². The summed E-state index contributed by atoms with van der Waals surface area (Å²) in [5.41, 5.74) is 3.97. The molecule has 3 heterocycles. The standard InChI is InChI=1S/C30H24F2N4O2/c1-18(37)36-17-20(31)14-28(36)23-15-26-27(35-30(34-26)25-8-4-5-13-33-25)16-29(23)38-21-11-9-19(10-12-21)22-6-2-3-7-24(22)32/h2-13,15-16,20,28H,14,17H2,1H3,(H,34,35). The van der Waals surface area contributed by atoms with E-state index in [0.717, 1.165) is 11.1 Å². The monoisotopic (exact) mass is 510 g/mol. The van der Waals surface area contributed by atoms with Crippen LogP contribution in [0, 0.1) is 5.82 Å². The second-order valence-corrected chi connectivity index (χ2v) is 9.33. The molecule has 190 valence electrons. The van der Waals surface area contributed by atoms with Gasteiger partial charge >= 0.3 is 0 Å². The molecule has 1 aliphatic rings. The summed E-state index contributed by atoms with van der Waals surface area (Å²) in [7, 11) is 0. The third kappa shape index (κ3) is 4.49. The van der Waals surface area contributed by atoms with Gasteiger partial charge in [0.25, 0.3) is 0 Å². The number of amides is 1. The van der Waals surface area contributed by atoms with Crippen LogP contribution in [0.4, 0.5) is 8.78 Å². The molecule has 6 rings (SSSR count). The van der Waals surface area contributed by atoms with E-state index in [1.807, 2.05) is 24.3 Å². The number of carbonyl (C=O) groups excluding carboxylic acids is 1. The number of aromatic amines is 1. The quantitative estimate of drug-likeness (QED) is 0.281. The van der Waals surface area contributed by atoms with Crippen LogP contribution in [-0.2, 0) is 4.79 Å². The number of nitrogens with zero attached hydrogens (tertiary/aromatic N) is 3. The normalized spacial score (nSPS) is 17.2. The highest BCUT2D eigenvalue weighted by atomic mass is 19.1. The van der Waals surface area contributed by atoms with Gasteiger partial charge in [0, 0.05) is 36.7 Å². The first kappa shape index (κ1) is 23.8. The minimum absolute atomic E-state index is 0.0387. The van der Waals surface area contributed by atoms with Crippen LogP contribution < -0.4 is 4.74 Å². The first-order chi connectivity index (χ1) is 18.5. The van der Waals surface area contributed by atoms with Gasteiger partial charge in [-0.15, -0.1) is 0 Å². The number of hydrogen-bond donors (Lipinski definition) is 1. The van der Waals surface area contributed by atoms with Crippen LogP contribution in [0.2, 0.25) is 0 Å². The van der Waals surface area contributed by atoms with Gasteiger partial charge in [-0.1, -0.05) is 36.4 Å². The van der Waals surface area contributed by atoms with E-state index >= 15 is 0 Å². The second-order valence-electron chi connectivity index (χ2n) is 9.33. The Kier molecular flexibility index (Phi) is 6.07. The maximum Gasteiger partial charge on any atom is 0.220 e. The van der Waals surface area contributed by atoms with E-state index in [2.05, 4.69) is 9.97 Å². The maximum absolute atomic E-state index is 14.5. The summed E-state index contributed by atoms with van der Waals surface area (Å²) >= 11 is 0. The van der Waals surface area contributed by atoms with Crippen molar-refractivity contribution in [3.63, 3.8) is 0 Å².